The highest BCUT2D eigenvalue weighted by atomic mass is 127. The van der Waals surface area contributed by atoms with E-state index >= 15 is 0 Å². The molecule has 0 amide bonds. The molecule has 1 aromatic carbocycles. The van der Waals surface area contributed by atoms with Crippen LogP contribution in [-0.2, 0) is 22.8 Å². The maximum Gasteiger partial charge on any atom is 0.194 e. The summed E-state index contributed by atoms with van der Waals surface area (Å²) in [6, 6.07) is 6.88. The molecule has 0 spiro atoms. The molecule has 0 radical (unpaired) electrons. The van der Waals surface area contributed by atoms with Crippen molar-refractivity contribution in [3.05, 3.63) is 29.3 Å². The zero-order valence-corrected chi connectivity index (χ0v) is 19.5. The van der Waals surface area contributed by atoms with Gasteiger partial charge in [0.15, 0.2) is 15.8 Å². The van der Waals surface area contributed by atoms with E-state index in [1.54, 1.807) is 0 Å². The standard InChI is InChI=1S/C20H29N3O3S.HI/c1-2-26-19-6-3-17-13-23(9-7-16(17)11-19)20(22-18-4-5-18)21-12-15-8-10-27(24,25)14-15;/h3,6,11,15,18H,2,4-5,7-10,12-14H2,1H3,(H,21,22);1H. The zero-order chi connectivity index (χ0) is 18.9. The van der Waals surface area contributed by atoms with Crippen LogP contribution in [0.5, 0.6) is 5.75 Å². The quantitative estimate of drug-likeness (QED) is 0.368. The number of nitrogens with one attached hydrogen (secondary N) is 1. The minimum atomic E-state index is -2.84. The Balaban J connectivity index is 0.00000225. The summed E-state index contributed by atoms with van der Waals surface area (Å²) in [6.45, 7) is 5.04. The van der Waals surface area contributed by atoms with E-state index in [4.69, 9.17) is 9.73 Å². The van der Waals surface area contributed by atoms with Crippen molar-refractivity contribution in [2.75, 3.05) is 31.2 Å². The SMILES string of the molecule is CCOc1ccc2c(c1)CCN(C(=NCC1CCS(=O)(=O)C1)NC1CC1)C2.I. The average Bonchev–Trinajstić information content (AvgIpc) is 3.40. The lowest BCUT2D eigenvalue weighted by Gasteiger charge is -2.32. The predicted molar refractivity (Wildman–Crippen MR) is 122 cm³/mol. The third kappa shape index (κ3) is 5.52. The molecule has 6 nitrogen and oxygen atoms in total. The molecule has 28 heavy (non-hydrogen) atoms. The lowest BCUT2D eigenvalue weighted by atomic mass is 9.99. The largest absolute Gasteiger partial charge is 0.494 e. The van der Waals surface area contributed by atoms with E-state index in [0.29, 0.717) is 24.9 Å². The molecule has 0 aromatic heterocycles. The molecule has 1 N–H and O–H groups in total. The van der Waals surface area contributed by atoms with Gasteiger partial charge < -0.3 is 15.0 Å². The molecule has 2 heterocycles. The van der Waals surface area contributed by atoms with Crippen LogP contribution in [-0.4, -0.2) is 56.5 Å². The van der Waals surface area contributed by atoms with Gasteiger partial charge in [0.25, 0.3) is 0 Å². The van der Waals surface area contributed by atoms with Crippen molar-refractivity contribution in [1.82, 2.24) is 10.2 Å². The van der Waals surface area contributed by atoms with Gasteiger partial charge in [0, 0.05) is 25.7 Å². The maximum absolute atomic E-state index is 11.7. The number of sulfone groups is 1. The number of fused-ring (bicyclic) bond motifs is 1. The number of hydrogen-bond donors (Lipinski definition) is 1. The molecule has 2 fully saturated rings. The molecule has 1 aromatic rings. The molecule has 156 valence electrons. The Morgan fingerprint density at radius 2 is 2.11 bits per heavy atom. The van der Waals surface area contributed by atoms with Crippen molar-refractivity contribution < 1.29 is 13.2 Å². The summed E-state index contributed by atoms with van der Waals surface area (Å²) in [4.78, 5) is 7.15. The number of aliphatic imine (C=N–C) groups is 1. The molecule has 1 aliphatic carbocycles. The van der Waals surface area contributed by atoms with Crippen LogP contribution in [0.4, 0.5) is 0 Å². The van der Waals surface area contributed by atoms with Crippen molar-refractivity contribution in [2.24, 2.45) is 10.9 Å². The van der Waals surface area contributed by atoms with E-state index in [-0.39, 0.29) is 35.6 Å². The predicted octanol–water partition coefficient (Wildman–Crippen LogP) is 2.60. The Hall–Kier alpha value is -1.03. The van der Waals surface area contributed by atoms with E-state index in [0.717, 1.165) is 37.6 Å². The van der Waals surface area contributed by atoms with Crippen LogP contribution in [0.2, 0.25) is 0 Å². The van der Waals surface area contributed by atoms with Gasteiger partial charge in [-0.3, -0.25) is 4.99 Å². The molecule has 8 heteroatoms. The van der Waals surface area contributed by atoms with E-state index in [9.17, 15) is 8.42 Å². The van der Waals surface area contributed by atoms with Gasteiger partial charge in [-0.25, -0.2) is 8.42 Å². The number of hydrogen-bond acceptors (Lipinski definition) is 4. The molecule has 1 saturated heterocycles. The van der Waals surface area contributed by atoms with Gasteiger partial charge >= 0.3 is 0 Å². The monoisotopic (exact) mass is 519 g/mol. The normalized spacial score (nSPS) is 23.7. The molecule has 2 aliphatic heterocycles. The van der Waals surface area contributed by atoms with Gasteiger partial charge in [-0.05, 0) is 61.8 Å². The summed E-state index contributed by atoms with van der Waals surface area (Å²) in [5.41, 5.74) is 2.67. The van der Waals surface area contributed by atoms with Crippen molar-refractivity contribution in [1.29, 1.82) is 0 Å². The molecule has 3 aliphatic rings. The minimum absolute atomic E-state index is 0. The highest BCUT2D eigenvalue weighted by Crippen LogP contribution is 2.26. The smallest absolute Gasteiger partial charge is 0.194 e. The van der Waals surface area contributed by atoms with E-state index in [2.05, 4.69) is 22.3 Å². The topological polar surface area (TPSA) is 71.0 Å². The lowest BCUT2D eigenvalue weighted by Crippen LogP contribution is -2.45. The summed E-state index contributed by atoms with van der Waals surface area (Å²) < 4.78 is 29.0. The summed E-state index contributed by atoms with van der Waals surface area (Å²) in [5.74, 6) is 2.66. The van der Waals surface area contributed by atoms with Crippen LogP contribution in [0.15, 0.2) is 23.2 Å². The summed E-state index contributed by atoms with van der Waals surface area (Å²) in [7, 11) is -2.84. The summed E-state index contributed by atoms with van der Waals surface area (Å²) in [6.07, 6.45) is 4.10. The zero-order valence-electron chi connectivity index (χ0n) is 16.4. The third-order valence-corrected chi connectivity index (χ3v) is 7.37. The van der Waals surface area contributed by atoms with Gasteiger partial charge in [0.1, 0.15) is 5.75 Å². The van der Waals surface area contributed by atoms with Gasteiger partial charge in [-0.2, -0.15) is 0 Å². The summed E-state index contributed by atoms with van der Waals surface area (Å²) in [5, 5.41) is 3.57. The molecular formula is C20H30IN3O3S. The van der Waals surface area contributed by atoms with Crippen molar-refractivity contribution >= 4 is 39.8 Å². The second kappa shape index (κ2) is 9.19. The fourth-order valence-corrected chi connectivity index (χ4v) is 5.69. The fourth-order valence-electron chi connectivity index (χ4n) is 3.85. The molecule has 0 bridgehead atoms. The van der Waals surface area contributed by atoms with E-state index in [1.807, 2.05) is 13.0 Å². The number of rotatable bonds is 5. The van der Waals surface area contributed by atoms with Gasteiger partial charge in [-0.1, -0.05) is 6.07 Å². The number of nitrogens with zero attached hydrogens (tertiary/aromatic N) is 2. The van der Waals surface area contributed by atoms with Crippen molar-refractivity contribution in [3.63, 3.8) is 0 Å². The highest BCUT2D eigenvalue weighted by Gasteiger charge is 2.30. The first-order chi connectivity index (χ1) is 13.0. The van der Waals surface area contributed by atoms with Gasteiger partial charge in [-0.15, -0.1) is 24.0 Å². The fraction of sp³-hybridized carbons (Fsp3) is 0.650. The summed E-state index contributed by atoms with van der Waals surface area (Å²) >= 11 is 0. The first-order valence-electron chi connectivity index (χ1n) is 10.0. The molecule has 1 unspecified atom stereocenters. The maximum atomic E-state index is 11.7. The van der Waals surface area contributed by atoms with E-state index < -0.39 is 9.84 Å². The molecular weight excluding hydrogens is 489 g/mol. The van der Waals surface area contributed by atoms with Crippen LogP contribution in [0, 0.1) is 5.92 Å². The second-order valence-electron chi connectivity index (χ2n) is 7.89. The average molecular weight is 519 g/mol. The van der Waals surface area contributed by atoms with Gasteiger partial charge in [0.2, 0.25) is 0 Å². The first kappa shape index (κ1) is 21.7. The van der Waals surface area contributed by atoms with Crippen LogP contribution in [0.25, 0.3) is 0 Å². The number of ether oxygens (including phenoxy) is 1. The third-order valence-electron chi connectivity index (χ3n) is 5.54. The molecule has 1 atom stereocenters. The van der Waals surface area contributed by atoms with Crippen molar-refractivity contribution in [3.8, 4) is 5.75 Å². The number of halogens is 1. The number of benzene rings is 1. The van der Waals surface area contributed by atoms with Crippen LogP contribution < -0.4 is 10.1 Å². The van der Waals surface area contributed by atoms with Crippen LogP contribution in [0.3, 0.4) is 0 Å². The highest BCUT2D eigenvalue weighted by molar-refractivity contribution is 14.0. The number of guanidine groups is 1. The Labute approximate surface area is 185 Å². The Kier molecular flexibility index (Phi) is 7.12. The molecule has 1 saturated carbocycles. The van der Waals surface area contributed by atoms with E-state index in [1.165, 1.54) is 24.0 Å². The second-order valence-corrected chi connectivity index (χ2v) is 10.1. The van der Waals surface area contributed by atoms with Gasteiger partial charge in [0.05, 0.1) is 18.1 Å². The molecule has 4 rings (SSSR count). The lowest BCUT2D eigenvalue weighted by molar-refractivity contribution is 0.337. The first-order valence-corrected chi connectivity index (χ1v) is 11.9. The van der Waals surface area contributed by atoms with Crippen LogP contribution >= 0.6 is 24.0 Å². The Bertz CT molecular complexity index is 824. The Morgan fingerprint density at radius 3 is 2.79 bits per heavy atom. The van der Waals surface area contributed by atoms with Crippen LogP contribution in [0.1, 0.15) is 37.3 Å². The van der Waals surface area contributed by atoms with Crippen molar-refractivity contribution in [2.45, 2.75) is 45.2 Å². The minimum Gasteiger partial charge on any atom is -0.494 e. The Morgan fingerprint density at radius 1 is 1.29 bits per heavy atom.